The number of carbonyl (C=O) groups excluding carboxylic acids is 1. The number of imidazole rings is 1. The zero-order chi connectivity index (χ0) is 12.8. The number of ketones is 1. The highest BCUT2D eigenvalue weighted by atomic mass is 32.2. The number of nitrogens with zero attached hydrogens (tertiary/aromatic N) is 2. The fourth-order valence-electron chi connectivity index (χ4n) is 1.85. The second-order valence-electron chi connectivity index (χ2n) is 4.34. The summed E-state index contributed by atoms with van der Waals surface area (Å²) in [5.74, 6) is 0.717. The summed E-state index contributed by atoms with van der Waals surface area (Å²) in [6.45, 7) is 5.98. The van der Waals surface area contributed by atoms with Gasteiger partial charge in [-0.25, -0.2) is 4.98 Å². The van der Waals surface area contributed by atoms with Crippen LogP contribution in [-0.2, 0) is 24.7 Å². The summed E-state index contributed by atoms with van der Waals surface area (Å²) >= 11 is 1.54. The van der Waals surface area contributed by atoms with Crippen LogP contribution in [0.2, 0.25) is 0 Å². The standard InChI is InChI=1S/C13H22N2OS/c1-5-7-11-12(8-6-2)15(4)13(14-11)17-9-10(3)16/h5-9H2,1-4H3. The van der Waals surface area contributed by atoms with E-state index in [9.17, 15) is 4.79 Å². The summed E-state index contributed by atoms with van der Waals surface area (Å²) in [4.78, 5) is 15.7. The Labute approximate surface area is 108 Å². The predicted octanol–water partition coefficient (Wildman–Crippen LogP) is 3.01. The van der Waals surface area contributed by atoms with Crippen LogP contribution in [0.25, 0.3) is 0 Å². The van der Waals surface area contributed by atoms with Crippen molar-refractivity contribution < 1.29 is 4.79 Å². The molecule has 0 unspecified atom stereocenters. The average Bonchev–Trinajstić information content (AvgIpc) is 2.56. The lowest BCUT2D eigenvalue weighted by atomic mass is 10.1. The van der Waals surface area contributed by atoms with E-state index < -0.39 is 0 Å². The third-order valence-electron chi connectivity index (χ3n) is 2.63. The molecule has 0 atom stereocenters. The van der Waals surface area contributed by atoms with Crippen molar-refractivity contribution in [3.8, 4) is 0 Å². The van der Waals surface area contributed by atoms with Crippen LogP contribution in [-0.4, -0.2) is 21.1 Å². The fraction of sp³-hybridized carbons (Fsp3) is 0.692. The van der Waals surface area contributed by atoms with Gasteiger partial charge in [-0.2, -0.15) is 0 Å². The van der Waals surface area contributed by atoms with Gasteiger partial charge in [0.25, 0.3) is 0 Å². The molecule has 1 heterocycles. The molecule has 0 bridgehead atoms. The summed E-state index contributed by atoms with van der Waals surface area (Å²) in [5, 5.41) is 0.979. The Morgan fingerprint density at radius 3 is 2.47 bits per heavy atom. The van der Waals surface area contributed by atoms with E-state index in [2.05, 4.69) is 30.4 Å². The van der Waals surface area contributed by atoms with E-state index in [0.29, 0.717) is 5.75 Å². The number of aryl methyl sites for hydroxylation is 1. The van der Waals surface area contributed by atoms with Gasteiger partial charge in [0.2, 0.25) is 0 Å². The highest BCUT2D eigenvalue weighted by Gasteiger charge is 2.13. The van der Waals surface area contributed by atoms with E-state index in [1.54, 1.807) is 18.7 Å². The first-order valence-electron chi connectivity index (χ1n) is 6.26. The molecule has 0 fully saturated rings. The molecule has 0 saturated heterocycles. The van der Waals surface area contributed by atoms with Gasteiger partial charge in [-0.1, -0.05) is 38.5 Å². The molecule has 1 rings (SSSR count). The van der Waals surface area contributed by atoms with Crippen molar-refractivity contribution in [3.05, 3.63) is 11.4 Å². The maximum Gasteiger partial charge on any atom is 0.168 e. The van der Waals surface area contributed by atoms with Crippen LogP contribution >= 0.6 is 11.8 Å². The lowest BCUT2D eigenvalue weighted by Gasteiger charge is -2.05. The number of hydrogen-bond acceptors (Lipinski definition) is 3. The lowest BCUT2D eigenvalue weighted by Crippen LogP contribution is -2.01. The maximum atomic E-state index is 11.0. The number of rotatable bonds is 7. The largest absolute Gasteiger partial charge is 0.326 e. The van der Waals surface area contributed by atoms with Crippen molar-refractivity contribution in [2.45, 2.75) is 51.6 Å². The summed E-state index contributed by atoms with van der Waals surface area (Å²) < 4.78 is 2.15. The van der Waals surface area contributed by atoms with E-state index in [1.807, 2.05) is 0 Å². The minimum Gasteiger partial charge on any atom is -0.326 e. The normalized spacial score (nSPS) is 10.8. The van der Waals surface area contributed by atoms with Crippen molar-refractivity contribution in [2.24, 2.45) is 7.05 Å². The molecular formula is C13H22N2OS. The van der Waals surface area contributed by atoms with Gasteiger partial charge < -0.3 is 4.57 Å². The highest BCUT2D eigenvalue weighted by molar-refractivity contribution is 7.99. The molecule has 0 amide bonds. The Hall–Kier alpha value is -0.770. The molecule has 17 heavy (non-hydrogen) atoms. The van der Waals surface area contributed by atoms with E-state index >= 15 is 0 Å². The minimum atomic E-state index is 0.201. The molecule has 96 valence electrons. The average molecular weight is 254 g/mol. The molecule has 0 N–H and O–H groups in total. The second-order valence-corrected chi connectivity index (χ2v) is 5.28. The van der Waals surface area contributed by atoms with Crippen LogP contribution in [0.1, 0.15) is 45.0 Å². The van der Waals surface area contributed by atoms with Gasteiger partial charge in [-0.05, 0) is 19.8 Å². The van der Waals surface area contributed by atoms with Crippen LogP contribution in [0.4, 0.5) is 0 Å². The Morgan fingerprint density at radius 1 is 1.29 bits per heavy atom. The quantitative estimate of drug-likeness (QED) is 0.702. The van der Waals surface area contributed by atoms with Crippen molar-refractivity contribution in [1.29, 1.82) is 0 Å². The molecular weight excluding hydrogens is 232 g/mol. The van der Waals surface area contributed by atoms with Crippen molar-refractivity contribution in [1.82, 2.24) is 9.55 Å². The number of thioether (sulfide) groups is 1. The maximum absolute atomic E-state index is 11.0. The van der Waals surface area contributed by atoms with Crippen LogP contribution < -0.4 is 0 Å². The smallest absolute Gasteiger partial charge is 0.168 e. The number of carbonyl (C=O) groups is 1. The van der Waals surface area contributed by atoms with E-state index in [0.717, 1.165) is 30.8 Å². The molecule has 4 heteroatoms. The topological polar surface area (TPSA) is 34.9 Å². The Morgan fingerprint density at radius 2 is 1.94 bits per heavy atom. The Bertz CT molecular complexity index is 385. The zero-order valence-electron chi connectivity index (χ0n) is 11.2. The van der Waals surface area contributed by atoms with Crippen LogP contribution in [0.15, 0.2) is 5.16 Å². The highest BCUT2D eigenvalue weighted by Crippen LogP contribution is 2.22. The summed E-state index contributed by atoms with van der Waals surface area (Å²) in [7, 11) is 2.06. The van der Waals surface area contributed by atoms with Gasteiger partial charge in [0.15, 0.2) is 5.16 Å². The fourth-order valence-corrected chi connectivity index (χ4v) is 2.66. The van der Waals surface area contributed by atoms with Crippen LogP contribution in [0.3, 0.4) is 0 Å². The van der Waals surface area contributed by atoms with E-state index in [4.69, 9.17) is 0 Å². The molecule has 1 aromatic rings. The van der Waals surface area contributed by atoms with Crippen LogP contribution in [0, 0.1) is 0 Å². The predicted molar refractivity (Wildman–Crippen MR) is 72.6 cm³/mol. The molecule has 0 saturated carbocycles. The summed E-state index contributed by atoms with van der Waals surface area (Å²) in [6.07, 6.45) is 4.35. The van der Waals surface area contributed by atoms with Gasteiger partial charge in [0.05, 0.1) is 11.4 Å². The molecule has 0 aliphatic rings. The van der Waals surface area contributed by atoms with Crippen molar-refractivity contribution >= 4 is 17.5 Å². The molecule has 0 aromatic carbocycles. The molecule has 0 spiro atoms. The van der Waals surface area contributed by atoms with Gasteiger partial charge in [0.1, 0.15) is 5.78 Å². The van der Waals surface area contributed by atoms with Crippen molar-refractivity contribution in [3.63, 3.8) is 0 Å². The summed E-state index contributed by atoms with van der Waals surface area (Å²) in [6, 6.07) is 0. The number of Topliss-reactive ketones (excluding diaryl/α,β-unsaturated/α-hetero) is 1. The van der Waals surface area contributed by atoms with Gasteiger partial charge in [0, 0.05) is 12.7 Å². The molecule has 0 aliphatic heterocycles. The third-order valence-corrected chi connectivity index (χ3v) is 3.81. The first-order chi connectivity index (χ1) is 8.10. The Balaban J connectivity index is 2.90. The van der Waals surface area contributed by atoms with E-state index in [1.165, 1.54) is 11.4 Å². The number of aromatic nitrogens is 2. The molecule has 1 aromatic heterocycles. The summed E-state index contributed by atoms with van der Waals surface area (Å²) in [5.41, 5.74) is 2.54. The molecule has 3 nitrogen and oxygen atoms in total. The van der Waals surface area contributed by atoms with Gasteiger partial charge >= 0.3 is 0 Å². The number of hydrogen-bond donors (Lipinski definition) is 0. The lowest BCUT2D eigenvalue weighted by molar-refractivity contribution is -0.114. The zero-order valence-corrected chi connectivity index (χ0v) is 12.1. The molecule has 0 aliphatic carbocycles. The first kappa shape index (κ1) is 14.3. The van der Waals surface area contributed by atoms with Gasteiger partial charge in [-0.3, -0.25) is 4.79 Å². The first-order valence-corrected chi connectivity index (χ1v) is 7.25. The third kappa shape index (κ3) is 3.87. The van der Waals surface area contributed by atoms with E-state index in [-0.39, 0.29) is 5.78 Å². The SMILES string of the molecule is CCCc1nc(SCC(C)=O)n(C)c1CCC. The second kappa shape index (κ2) is 6.84. The van der Waals surface area contributed by atoms with Crippen molar-refractivity contribution in [2.75, 3.05) is 5.75 Å². The van der Waals surface area contributed by atoms with Gasteiger partial charge in [-0.15, -0.1) is 0 Å². The molecule has 0 radical (unpaired) electrons. The monoisotopic (exact) mass is 254 g/mol. The van der Waals surface area contributed by atoms with Crippen LogP contribution in [0.5, 0.6) is 0 Å². The minimum absolute atomic E-state index is 0.201. The Kier molecular flexibility index (Phi) is 5.75.